The van der Waals surface area contributed by atoms with E-state index in [-0.39, 0.29) is 18.4 Å². The van der Waals surface area contributed by atoms with Crippen LogP contribution in [0.3, 0.4) is 0 Å². The number of benzene rings is 1. The van der Waals surface area contributed by atoms with Gasteiger partial charge in [0.1, 0.15) is 11.8 Å². The highest BCUT2D eigenvalue weighted by molar-refractivity contribution is 5.67. The zero-order chi connectivity index (χ0) is 15.3. The van der Waals surface area contributed by atoms with Crippen molar-refractivity contribution in [1.29, 1.82) is 0 Å². The van der Waals surface area contributed by atoms with Gasteiger partial charge in [-0.1, -0.05) is 12.1 Å². The molecule has 5 heteroatoms. The van der Waals surface area contributed by atoms with Gasteiger partial charge in [-0.25, -0.2) is 0 Å². The quantitative estimate of drug-likeness (QED) is 0.696. The second kappa shape index (κ2) is 6.72. The predicted octanol–water partition coefficient (Wildman–Crippen LogP) is 1.02. The number of methoxy groups -OCH3 is 1. The number of aliphatic hydroxyl groups is 1. The van der Waals surface area contributed by atoms with Crippen molar-refractivity contribution in [2.45, 2.75) is 44.2 Å². The topological polar surface area (TPSA) is 94.4 Å². The van der Waals surface area contributed by atoms with E-state index in [1.807, 2.05) is 24.3 Å². The Kier molecular flexibility index (Phi) is 5.53. The molecule has 1 aromatic rings. The molecule has 0 saturated heterocycles. The second-order valence-corrected chi connectivity index (χ2v) is 5.75. The van der Waals surface area contributed by atoms with Crippen LogP contribution in [-0.2, 0) is 4.79 Å². The molecule has 0 aliphatic heterocycles. The van der Waals surface area contributed by atoms with Crippen molar-refractivity contribution >= 4 is 5.97 Å². The third kappa shape index (κ3) is 5.19. The molecule has 0 heterocycles. The van der Waals surface area contributed by atoms with Crippen LogP contribution in [0.25, 0.3) is 0 Å². The van der Waals surface area contributed by atoms with Crippen LogP contribution < -0.4 is 10.5 Å². The average molecular weight is 282 g/mol. The lowest BCUT2D eigenvalue weighted by atomic mass is 9.82. The van der Waals surface area contributed by atoms with Crippen molar-refractivity contribution in [3.8, 4) is 5.75 Å². The lowest BCUT2D eigenvalue weighted by Gasteiger charge is -2.27. The van der Waals surface area contributed by atoms with Gasteiger partial charge in [-0.3, -0.25) is 4.79 Å². The molecule has 5 nitrogen and oxygen atoms in total. The molecule has 112 valence electrons. The Hall–Kier alpha value is -1.59. The normalized spacial score (nSPS) is 14.7. The fourth-order valence-corrected chi connectivity index (χ4v) is 2.31. The molecule has 20 heavy (non-hydrogen) atoms. The minimum absolute atomic E-state index is 0.0211. The summed E-state index contributed by atoms with van der Waals surface area (Å²) in [6.07, 6.45) is 0.438. The van der Waals surface area contributed by atoms with Crippen LogP contribution in [0.5, 0.6) is 5.75 Å². The second-order valence-electron chi connectivity index (χ2n) is 5.75. The van der Waals surface area contributed by atoms with E-state index in [1.165, 1.54) is 0 Å². The molecule has 0 aliphatic rings. The van der Waals surface area contributed by atoms with Crippen molar-refractivity contribution in [2.75, 3.05) is 7.11 Å². The molecule has 0 aliphatic carbocycles. The van der Waals surface area contributed by atoms with Gasteiger partial charge in [0.25, 0.3) is 0 Å². The molecule has 0 radical (unpaired) electrons. The monoisotopic (exact) mass is 282 g/mol. The molecule has 0 amide bonds. The number of carboxylic acid groups (broad SMARTS) is 1. The fourth-order valence-electron chi connectivity index (χ4n) is 2.31. The molecule has 0 saturated carbocycles. The molecular weight excluding hydrogens is 258 g/mol. The molecule has 2 atom stereocenters. The molecule has 0 fully saturated rings. The van der Waals surface area contributed by atoms with Crippen LogP contribution in [0.2, 0.25) is 0 Å². The summed E-state index contributed by atoms with van der Waals surface area (Å²) >= 11 is 0. The zero-order valence-corrected chi connectivity index (χ0v) is 12.3. The minimum Gasteiger partial charge on any atom is -0.497 e. The highest BCUT2D eigenvalue weighted by Crippen LogP contribution is 2.30. The van der Waals surface area contributed by atoms with Gasteiger partial charge in [0, 0.05) is 5.92 Å². The first kappa shape index (κ1) is 16.5. The summed E-state index contributed by atoms with van der Waals surface area (Å²) in [6, 6.07) is 7.16. The molecule has 1 rings (SSSR count). The average Bonchev–Trinajstić information content (AvgIpc) is 2.34. The molecule has 0 unspecified atom stereocenters. The summed E-state index contributed by atoms with van der Waals surface area (Å²) in [5.74, 6) is -0.245. The lowest BCUT2D eigenvalue weighted by Crippen LogP contribution is -2.64. The Bertz CT molecular complexity index is 436. The summed E-state index contributed by atoms with van der Waals surface area (Å²) < 4.78 is 5.12. The summed E-state index contributed by atoms with van der Waals surface area (Å²) in [6.45, 7) is 3.44. The van der Waals surface area contributed by atoms with Crippen LogP contribution >= 0.6 is 0 Å². The summed E-state index contributed by atoms with van der Waals surface area (Å²) in [5.41, 5.74) is 4.05. The highest BCUT2D eigenvalue weighted by Gasteiger charge is 2.30. The van der Waals surface area contributed by atoms with Gasteiger partial charge in [-0.15, -0.1) is 0 Å². The van der Waals surface area contributed by atoms with Gasteiger partial charge >= 0.3 is 5.97 Å². The SMILES string of the molecule is COc1ccc([C@H](CC(C)(C)O)[C@@H]([NH3+])CC(=O)O)cc1. The number of rotatable bonds is 7. The van der Waals surface area contributed by atoms with Crippen molar-refractivity contribution in [3.05, 3.63) is 29.8 Å². The number of aliphatic carboxylic acids is 1. The van der Waals surface area contributed by atoms with Crippen LogP contribution in [-0.4, -0.2) is 34.9 Å². The largest absolute Gasteiger partial charge is 0.497 e. The zero-order valence-electron chi connectivity index (χ0n) is 12.3. The number of ether oxygens (including phenoxy) is 1. The maximum atomic E-state index is 10.9. The smallest absolute Gasteiger partial charge is 0.309 e. The molecular formula is C15H24NO4+. The van der Waals surface area contributed by atoms with Gasteiger partial charge < -0.3 is 20.7 Å². The molecule has 5 N–H and O–H groups in total. The van der Waals surface area contributed by atoms with E-state index in [0.29, 0.717) is 6.42 Å². The maximum absolute atomic E-state index is 10.9. The van der Waals surface area contributed by atoms with E-state index >= 15 is 0 Å². The van der Waals surface area contributed by atoms with Gasteiger partial charge in [0.15, 0.2) is 0 Å². The Labute approximate surface area is 119 Å². The summed E-state index contributed by atoms with van der Waals surface area (Å²) in [5, 5.41) is 19.0. The molecule has 1 aromatic carbocycles. The summed E-state index contributed by atoms with van der Waals surface area (Å²) in [7, 11) is 1.60. The van der Waals surface area contributed by atoms with Gasteiger partial charge in [-0.05, 0) is 38.0 Å². The van der Waals surface area contributed by atoms with Crippen LogP contribution in [0.4, 0.5) is 0 Å². The maximum Gasteiger partial charge on any atom is 0.309 e. The predicted molar refractivity (Wildman–Crippen MR) is 75.6 cm³/mol. The number of carboxylic acids is 1. The van der Waals surface area contributed by atoms with Crippen molar-refractivity contribution in [3.63, 3.8) is 0 Å². The first-order valence-electron chi connectivity index (χ1n) is 6.64. The van der Waals surface area contributed by atoms with Crippen molar-refractivity contribution < 1.29 is 25.5 Å². The third-order valence-electron chi connectivity index (χ3n) is 3.27. The van der Waals surface area contributed by atoms with Crippen LogP contribution in [0.15, 0.2) is 24.3 Å². The van der Waals surface area contributed by atoms with Gasteiger partial charge in [0.2, 0.25) is 0 Å². The minimum atomic E-state index is -0.876. The molecule has 0 bridgehead atoms. The Morgan fingerprint density at radius 1 is 1.35 bits per heavy atom. The lowest BCUT2D eigenvalue weighted by molar-refractivity contribution is -0.426. The van der Waals surface area contributed by atoms with E-state index in [0.717, 1.165) is 11.3 Å². The van der Waals surface area contributed by atoms with Crippen LogP contribution in [0.1, 0.15) is 38.2 Å². The Morgan fingerprint density at radius 2 is 1.90 bits per heavy atom. The number of carbonyl (C=O) groups is 1. The first-order chi connectivity index (χ1) is 9.23. The van der Waals surface area contributed by atoms with E-state index in [1.54, 1.807) is 21.0 Å². The van der Waals surface area contributed by atoms with E-state index < -0.39 is 11.6 Å². The Morgan fingerprint density at radius 3 is 2.30 bits per heavy atom. The summed E-state index contributed by atoms with van der Waals surface area (Å²) in [4.78, 5) is 10.9. The van der Waals surface area contributed by atoms with Crippen molar-refractivity contribution in [1.82, 2.24) is 0 Å². The number of hydrogen-bond donors (Lipinski definition) is 3. The van der Waals surface area contributed by atoms with E-state index in [9.17, 15) is 9.90 Å². The Balaban J connectivity index is 2.98. The van der Waals surface area contributed by atoms with Crippen LogP contribution in [0, 0.1) is 0 Å². The fraction of sp³-hybridized carbons (Fsp3) is 0.533. The molecule has 0 aromatic heterocycles. The highest BCUT2D eigenvalue weighted by atomic mass is 16.5. The standard InChI is InChI=1S/C15H23NO4/c1-15(2,19)9-12(13(16)8-14(17)18)10-4-6-11(20-3)7-5-10/h4-7,12-13,19H,8-9,16H2,1-3H3,(H,17,18)/p+1/t12-,13-/m0/s1. The first-order valence-corrected chi connectivity index (χ1v) is 6.64. The van der Waals surface area contributed by atoms with Gasteiger partial charge in [0.05, 0.1) is 19.1 Å². The third-order valence-corrected chi connectivity index (χ3v) is 3.27. The van der Waals surface area contributed by atoms with E-state index in [4.69, 9.17) is 9.84 Å². The van der Waals surface area contributed by atoms with Crippen molar-refractivity contribution in [2.24, 2.45) is 0 Å². The molecule has 0 spiro atoms. The number of hydrogen-bond acceptors (Lipinski definition) is 3. The van der Waals surface area contributed by atoms with Gasteiger partial charge in [-0.2, -0.15) is 0 Å². The van der Waals surface area contributed by atoms with E-state index in [2.05, 4.69) is 5.73 Å². The number of quaternary nitrogens is 1.